The molecular formula is C24H21ClN2O3. The molecule has 5 nitrogen and oxygen atoms in total. The van der Waals surface area contributed by atoms with Gasteiger partial charge in [-0.25, -0.2) is 0 Å². The molecule has 0 unspecified atom stereocenters. The smallest absolute Gasteiger partial charge is 0.242 e. The standard InChI is InChI=1S/C24H21ClN2O3/c1-26(13-14-30-18-8-6-7-17(25)15-18)23(28)16-27-21-11-4-2-9-19(21)24(29)20-10-3-5-12-22(20)27/h2-12,15H,13-14,16H2,1H3. The van der Waals surface area contributed by atoms with Crippen LogP contribution in [-0.2, 0) is 11.3 Å². The van der Waals surface area contributed by atoms with Crippen molar-refractivity contribution in [3.05, 3.63) is 88.0 Å². The summed E-state index contributed by atoms with van der Waals surface area (Å²) in [6.07, 6.45) is 0. The maximum Gasteiger partial charge on any atom is 0.242 e. The normalized spacial score (nSPS) is 11.0. The lowest BCUT2D eigenvalue weighted by atomic mass is 10.1. The van der Waals surface area contributed by atoms with Gasteiger partial charge >= 0.3 is 0 Å². The molecule has 1 amide bonds. The van der Waals surface area contributed by atoms with Gasteiger partial charge in [0.05, 0.1) is 17.6 Å². The van der Waals surface area contributed by atoms with Crippen molar-refractivity contribution in [3.63, 3.8) is 0 Å². The molecule has 6 heteroatoms. The van der Waals surface area contributed by atoms with Crippen molar-refractivity contribution in [3.8, 4) is 5.75 Å². The number of carbonyl (C=O) groups excluding carboxylic acids is 1. The first-order valence-electron chi connectivity index (χ1n) is 9.67. The average Bonchev–Trinajstić information content (AvgIpc) is 2.76. The number of halogens is 1. The number of amides is 1. The molecule has 152 valence electrons. The van der Waals surface area contributed by atoms with Gasteiger partial charge in [-0.05, 0) is 42.5 Å². The highest BCUT2D eigenvalue weighted by molar-refractivity contribution is 6.30. The molecule has 0 fully saturated rings. The Morgan fingerprint density at radius 2 is 1.60 bits per heavy atom. The van der Waals surface area contributed by atoms with Gasteiger partial charge in [0, 0.05) is 22.8 Å². The van der Waals surface area contributed by atoms with E-state index in [2.05, 4.69) is 0 Å². The second-order valence-electron chi connectivity index (χ2n) is 7.07. The summed E-state index contributed by atoms with van der Waals surface area (Å²) < 4.78 is 7.59. The Hall–Kier alpha value is -3.31. The summed E-state index contributed by atoms with van der Waals surface area (Å²) in [5.74, 6) is 0.601. The summed E-state index contributed by atoms with van der Waals surface area (Å²) in [6.45, 7) is 0.921. The van der Waals surface area contributed by atoms with Gasteiger partial charge in [0.15, 0.2) is 5.43 Å². The highest BCUT2D eigenvalue weighted by Crippen LogP contribution is 2.20. The molecule has 0 N–H and O–H groups in total. The molecule has 0 bridgehead atoms. The Morgan fingerprint density at radius 1 is 0.967 bits per heavy atom. The van der Waals surface area contributed by atoms with Gasteiger partial charge in [-0.15, -0.1) is 0 Å². The van der Waals surface area contributed by atoms with Crippen LogP contribution in [0, 0.1) is 0 Å². The van der Waals surface area contributed by atoms with Crippen LogP contribution in [0.1, 0.15) is 0 Å². The van der Waals surface area contributed by atoms with E-state index in [1.54, 1.807) is 36.2 Å². The number of fused-ring (bicyclic) bond motifs is 2. The van der Waals surface area contributed by atoms with Gasteiger partial charge in [0.25, 0.3) is 0 Å². The van der Waals surface area contributed by atoms with Gasteiger partial charge in [0.1, 0.15) is 18.9 Å². The first kappa shape index (κ1) is 20.0. The number of aromatic nitrogens is 1. The van der Waals surface area contributed by atoms with Crippen molar-refractivity contribution in [2.75, 3.05) is 20.2 Å². The number of hydrogen-bond donors (Lipinski definition) is 0. The van der Waals surface area contributed by atoms with Gasteiger partial charge in [-0.3, -0.25) is 9.59 Å². The predicted octanol–water partition coefficient (Wildman–Crippen LogP) is 4.35. The Morgan fingerprint density at radius 3 is 2.23 bits per heavy atom. The van der Waals surface area contributed by atoms with Gasteiger partial charge < -0.3 is 14.2 Å². The van der Waals surface area contributed by atoms with Crippen molar-refractivity contribution in [1.82, 2.24) is 9.47 Å². The van der Waals surface area contributed by atoms with E-state index in [-0.39, 0.29) is 17.9 Å². The van der Waals surface area contributed by atoms with Crippen LogP contribution in [0.5, 0.6) is 5.75 Å². The predicted molar refractivity (Wildman–Crippen MR) is 120 cm³/mol. The summed E-state index contributed by atoms with van der Waals surface area (Å²) in [7, 11) is 1.75. The number of hydrogen-bond acceptors (Lipinski definition) is 3. The van der Waals surface area contributed by atoms with Crippen molar-refractivity contribution in [1.29, 1.82) is 0 Å². The number of para-hydroxylation sites is 2. The fraction of sp³-hybridized carbons (Fsp3) is 0.167. The first-order valence-corrected chi connectivity index (χ1v) is 10.0. The van der Waals surface area contributed by atoms with Crippen LogP contribution in [0.3, 0.4) is 0 Å². The Bertz CT molecular complexity index is 1220. The average molecular weight is 421 g/mol. The summed E-state index contributed by atoms with van der Waals surface area (Å²) in [6, 6.07) is 21.9. The van der Waals surface area contributed by atoms with Crippen LogP contribution < -0.4 is 10.2 Å². The number of rotatable bonds is 6. The molecule has 30 heavy (non-hydrogen) atoms. The Labute approximate surface area is 179 Å². The molecule has 0 saturated carbocycles. The van der Waals surface area contributed by atoms with Gasteiger partial charge in [0.2, 0.25) is 5.91 Å². The van der Waals surface area contributed by atoms with Crippen molar-refractivity contribution >= 4 is 39.3 Å². The number of benzene rings is 3. The first-order chi connectivity index (χ1) is 14.5. The van der Waals surface area contributed by atoms with Crippen LogP contribution in [0.2, 0.25) is 5.02 Å². The van der Waals surface area contributed by atoms with Crippen LogP contribution in [-0.4, -0.2) is 35.6 Å². The molecule has 4 rings (SSSR count). The molecule has 0 saturated heterocycles. The van der Waals surface area contributed by atoms with E-state index >= 15 is 0 Å². The quantitative estimate of drug-likeness (QED) is 0.436. The van der Waals surface area contributed by atoms with Gasteiger partial charge in [-0.2, -0.15) is 0 Å². The SMILES string of the molecule is CN(CCOc1cccc(Cl)c1)C(=O)Cn1c2ccccc2c(=O)c2ccccc21. The van der Waals surface area contributed by atoms with E-state index in [0.717, 1.165) is 11.0 Å². The number of ether oxygens (including phenoxy) is 1. The second-order valence-corrected chi connectivity index (χ2v) is 7.51. The second kappa shape index (κ2) is 8.59. The lowest BCUT2D eigenvalue weighted by Gasteiger charge is -2.20. The molecule has 0 aliphatic heterocycles. The van der Waals surface area contributed by atoms with Crippen LogP contribution in [0.25, 0.3) is 21.8 Å². The van der Waals surface area contributed by atoms with Crippen molar-refractivity contribution < 1.29 is 9.53 Å². The summed E-state index contributed by atoms with van der Waals surface area (Å²) in [5.41, 5.74) is 1.48. The van der Waals surface area contributed by atoms with Crippen LogP contribution in [0.15, 0.2) is 77.6 Å². The summed E-state index contributed by atoms with van der Waals surface area (Å²) >= 11 is 5.96. The third-order valence-corrected chi connectivity index (χ3v) is 5.32. The van der Waals surface area contributed by atoms with Crippen molar-refractivity contribution in [2.45, 2.75) is 6.54 Å². The summed E-state index contributed by atoms with van der Waals surface area (Å²) in [5, 5.41) is 1.82. The Balaban J connectivity index is 1.55. The fourth-order valence-electron chi connectivity index (χ4n) is 3.49. The molecule has 3 aromatic carbocycles. The summed E-state index contributed by atoms with van der Waals surface area (Å²) in [4.78, 5) is 27.4. The zero-order valence-corrected chi connectivity index (χ0v) is 17.3. The molecule has 0 aliphatic rings. The van der Waals surface area contributed by atoms with E-state index in [1.807, 2.05) is 53.1 Å². The van der Waals surface area contributed by atoms with E-state index in [4.69, 9.17) is 16.3 Å². The minimum absolute atomic E-state index is 0.0202. The molecular weight excluding hydrogens is 400 g/mol. The highest BCUT2D eigenvalue weighted by atomic mass is 35.5. The molecule has 0 spiro atoms. The lowest BCUT2D eigenvalue weighted by Crippen LogP contribution is -2.34. The minimum atomic E-state index is -0.0661. The Kier molecular flexibility index (Phi) is 5.72. The van der Waals surface area contributed by atoms with E-state index in [1.165, 1.54) is 0 Å². The zero-order chi connectivity index (χ0) is 21.1. The van der Waals surface area contributed by atoms with Crippen LogP contribution >= 0.6 is 11.6 Å². The highest BCUT2D eigenvalue weighted by Gasteiger charge is 2.15. The maximum atomic E-state index is 12.9. The number of nitrogens with zero attached hydrogens (tertiary/aromatic N) is 2. The molecule has 4 aromatic rings. The third kappa shape index (κ3) is 4.02. The van der Waals surface area contributed by atoms with E-state index in [0.29, 0.717) is 34.7 Å². The molecule has 0 atom stereocenters. The van der Waals surface area contributed by atoms with E-state index in [9.17, 15) is 9.59 Å². The largest absolute Gasteiger partial charge is 0.492 e. The van der Waals surface area contributed by atoms with Crippen molar-refractivity contribution in [2.24, 2.45) is 0 Å². The van der Waals surface area contributed by atoms with E-state index < -0.39 is 0 Å². The number of pyridine rings is 1. The lowest BCUT2D eigenvalue weighted by molar-refractivity contribution is -0.130. The number of likely N-dealkylation sites (N-methyl/N-ethyl adjacent to an activating group) is 1. The minimum Gasteiger partial charge on any atom is -0.492 e. The maximum absolute atomic E-state index is 12.9. The topological polar surface area (TPSA) is 51.5 Å². The molecule has 0 aliphatic carbocycles. The fourth-order valence-corrected chi connectivity index (χ4v) is 3.67. The van der Waals surface area contributed by atoms with Gasteiger partial charge in [-0.1, -0.05) is 41.9 Å². The number of carbonyl (C=O) groups is 1. The van der Waals surface area contributed by atoms with Crippen LogP contribution in [0.4, 0.5) is 0 Å². The molecule has 1 aromatic heterocycles. The third-order valence-electron chi connectivity index (χ3n) is 5.09. The monoisotopic (exact) mass is 420 g/mol. The molecule has 0 radical (unpaired) electrons. The molecule has 1 heterocycles. The zero-order valence-electron chi connectivity index (χ0n) is 16.5.